The number of benzene rings is 2. The maximum Gasteiger partial charge on any atom is 0.410 e. The SMILES string of the molecule is COC(=O)c1cc(F)c(Br)cc1Nc1ccc(F)cc1CN(CCc1nc(OC)ccc1[N+](=O)[O-])C(=O)OC(C)(C)C. The lowest BCUT2D eigenvalue weighted by Crippen LogP contribution is -2.38. The van der Waals surface area contributed by atoms with Gasteiger partial charge in [-0.3, -0.25) is 10.1 Å². The fourth-order valence-corrected chi connectivity index (χ4v) is 4.18. The summed E-state index contributed by atoms with van der Waals surface area (Å²) in [6, 6.07) is 8.68. The molecule has 0 aliphatic heterocycles. The van der Waals surface area contributed by atoms with Gasteiger partial charge in [0.15, 0.2) is 0 Å². The van der Waals surface area contributed by atoms with Crippen molar-refractivity contribution in [2.45, 2.75) is 39.3 Å². The molecule has 0 aliphatic carbocycles. The highest BCUT2D eigenvalue weighted by molar-refractivity contribution is 9.10. The van der Waals surface area contributed by atoms with E-state index in [-0.39, 0.29) is 58.1 Å². The van der Waals surface area contributed by atoms with Gasteiger partial charge in [0, 0.05) is 30.8 Å². The number of hydrogen-bond donors (Lipinski definition) is 1. The number of anilines is 2. The molecule has 0 spiro atoms. The molecule has 2 aromatic carbocycles. The smallest absolute Gasteiger partial charge is 0.410 e. The summed E-state index contributed by atoms with van der Waals surface area (Å²) >= 11 is 3.09. The molecular weight excluding hydrogens is 622 g/mol. The van der Waals surface area contributed by atoms with Crippen LogP contribution in [0.15, 0.2) is 46.9 Å². The van der Waals surface area contributed by atoms with Gasteiger partial charge in [-0.1, -0.05) is 0 Å². The minimum atomic E-state index is -0.881. The van der Waals surface area contributed by atoms with Gasteiger partial charge in [0.2, 0.25) is 5.88 Å². The van der Waals surface area contributed by atoms with Crippen LogP contribution in [0, 0.1) is 21.7 Å². The molecule has 42 heavy (non-hydrogen) atoms. The molecule has 1 N–H and O–H groups in total. The number of aromatic nitrogens is 1. The van der Waals surface area contributed by atoms with Crippen molar-refractivity contribution in [1.82, 2.24) is 9.88 Å². The number of carbonyl (C=O) groups excluding carboxylic acids is 2. The molecule has 0 saturated heterocycles. The van der Waals surface area contributed by atoms with Crippen LogP contribution in [-0.4, -0.2) is 53.2 Å². The van der Waals surface area contributed by atoms with E-state index in [2.05, 4.69) is 26.2 Å². The molecule has 0 atom stereocenters. The number of nitro groups is 1. The predicted octanol–water partition coefficient (Wildman–Crippen LogP) is 6.55. The first-order valence-corrected chi connectivity index (χ1v) is 13.3. The Balaban J connectivity index is 2.01. The topological polar surface area (TPSA) is 133 Å². The maximum atomic E-state index is 14.5. The zero-order chi connectivity index (χ0) is 31.2. The highest BCUT2D eigenvalue weighted by Gasteiger charge is 2.26. The molecule has 11 nitrogen and oxygen atoms in total. The van der Waals surface area contributed by atoms with Crippen LogP contribution in [-0.2, 0) is 22.4 Å². The van der Waals surface area contributed by atoms with Crippen molar-refractivity contribution in [2.24, 2.45) is 0 Å². The van der Waals surface area contributed by atoms with E-state index in [0.717, 1.165) is 13.2 Å². The Labute approximate surface area is 249 Å². The van der Waals surface area contributed by atoms with Crippen molar-refractivity contribution in [1.29, 1.82) is 0 Å². The third-order valence-corrected chi connectivity index (χ3v) is 6.37. The van der Waals surface area contributed by atoms with Crippen LogP contribution in [0.5, 0.6) is 5.88 Å². The van der Waals surface area contributed by atoms with Gasteiger partial charge in [-0.05, 0) is 72.6 Å². The summed E-state index contributed by atoms with van der Waals surface area (Å²) in [5.74, 6) is -1.96. The Kier molecular flexibility index (Phi) is 10.4. The van der Waals surface area contributed by atoms with Gasteiger partial charge in [0.25, 0.3) is 5.69 Å². The molecule has 0 fully saturated rings. The van der Waals surface area contributed by atoms with Crippen LogP contribution in [0.2, 0.25) is 0 Å². The lowest BCUT2D eigenvalue weighted by Gasteiger charge is -2.28. The Morgan fingerprint density at radius 2 is 1.81 bits per heavy atom. The highest BCUT2D eigenvalue weighted by Crippen LogP contribution is 2.31. The zero-order valence-electron chi connectivity index (χ0n) is 23.5. The summed E-state index contributed by atoms with van der Waals surface area (Å²) in [7, 11) is 2.52. The van der Waals surface area contributed by atoms with Crippen LogP contribution in [0.4, 0.5) is 30.6 Å². The molecule has 14 heteroatoms. The van der Waals surface area contributed by atoms with Gasteiger partial charge in [-0.15, -0.1) is 0 Å². The van der Waals surface area contributed by atoms with E-state index in [4.69, 9.17) is 14.2 Å². The fourth-order valence-electron chi connectivity index (χ4n) is 3.83. The first kappa shape index (κ1) is 32.2. The second-order valence-corrected chi connectivity index (χ2v) is 10.8. The largest absolute Gasteiger partial charge is 0.481 e. The minimum Gasteiger partial charge on any atom is -0.481 e. The van der Waals surface area contributed by atoms with Gasteiger partial charge in [-0.2, -0.15) is 0 Å². The summed E-state index contributed by atoms with van der Waals surface area (Å²) in [4.78, 5) is 42.0. The average molecular weight is 651 g/mol. The number of halogens is 3. The van der Waals surface area contributed by atoms with Gasteiger partial charge < -0.3 is 24.4 Å². The van der Waals surface area contributed by atoms with Crippen molar-refractivity contribution in [3.63, 3.8) is 0 Å². The quantitative estimate of drug-likeness (QED) is 0.147. The number of rotatable bonds is 10. The Morgan fingerprint density at radius 1 is 1.10 bits per heavy atom. The molecule has 0 bridgehead atoms. The van der Waals surface area contributed by atoms with Crippen LogP contribution < -0.4 is 10.1 Å². The predicted molar refractivity (Wildman–Crippen MR) is 153 cm³/mol. The van der Waals surface area contributed by atoms with Crippen molar-refractivity contribution < 1.29 is 37.5 Å². The first-order chi connectivity index (χ1) is 19.7. The van der Waals surface area contributed by atoms with E-state index >= 15 is 0 Å². The molecule has 1 amide bonds. The average Bonchev–Trinajstić information content (AvgIpc) is 2.92. The molecule has 0 aliphatic rings. The lowest BCUT2D eigenvalue weighted by atomic mass is 10.1. The van der Waals surface area contributed by atoms with E-state index in [0.29, 0.717) is 5.69 Å². The van der Waals surface area contributed by atoms with Crippen molar-refractivity contribution in [2.75, 3.05) is 26.1 Å². The monoisotopic (exact) mass is 650 g/mol. The number of nitrogens with zero attached hydrogens (tertiary/aromatic N) is 3. The van der Waals surface area contributed by atoms with Crippen LogP contribution >= 0.6 is 15.9 Å². The molecule has 1 heterocycles. The highest BCUT2D eigenvalue weighted by atomic mass is 79.9. The molecule has 224 valence electrons. The lowest BCUT2D eigenvalue weighted by molar-refractivity contribution is -0.386. The Hall–Kier alpha value is -4.33. The van der Waals surface area contributed by atoms with E-state index in [1.165, 1.54) is 48.4 Å². The number of ether oxygens (including phenoxy) is 3. The summed E-state index contributed by atoms with van der Waals surface area (Å²) in [6.07, 6.45) is -0.814. The zero-order valence-corrected chi connectivity index (χ0v) is 25.1. The van der Waals surface area contributed by atoms with Crippen molar-refractivity contribution >= 4 is 45.1 Å². The summed E-state index contributed by atoms with van der Waals surface area (Å²) in [5.41, 5.74) is -0.468. The molecule has 0 unspecified atom stereocenters. The second kappa shape index (κ2) is 13.6. The van der Waals surface area contributed by atoms with Crippen molar-refractivity contribution in [3.8, 4) is 5.88 Å². The maximum absolute atomic E-state index is 14.5. The van der Waals surface area contributed by atoms with E-state index in [1.807, 2.05) is 0 Å². The molecule has 0 radical (unpaired) electrons. The van der Waals surface area contributed by atoms with Crippen LogP contribution in [0.3, 0.4) is 0 Å². The number of methoxy groups -OCH3 is 2. The van der Waals surface area contributed by atoms with Crippen LogP contribution in [0.25, 0.3) is 0 Å². The normalized spacial score (nSPS) is 11.0. The molecule has 3 rings (SSSR count). The van der Waals surface area contributed by atoms with E-state index in [1.54, 1.807) is 20.8 Å². The van der Waals surface area contributed by atoms with Gasteiger partial charge >= 0.3 is 12.1 Å². The number of hydrogen-bond acceptors (Lipinski definition) is 9. The van der Waals surface area contributed by atoms with E-state index in [9.17, 15) is 28.5 Å². The Bertz CT molecular complexity index is 1500. The first-order valence-electron chi connectivity index (χ1n) is 12.5. The summed E-state index contributed by atoms with van der Waals surface area (Å²) in [6.45, 7) is 4.72. The Morgan fingerprint density at radius 3 is 2.43 bits per heavy atom. The number of nitrogens with one attached hydrogen (secondary N) is 1. The molecule has 1 aromatic heterocycles. The summed E-state index contributed by atoms with van der Waals surface area (Å²) in [5, 5.41) is 14.6. The number of amides is 1. The van der Waals surface area contributed by atoms with E-state index < -0.39 is 34.2 Å². The molecule has 0 saturated carbocycles. The third-order valence-electron chi connectivity index (χ3n) is 5.76. The van der Waals surface area contributed by atoms with Crippen molar-refractivity contribution in [3.05, 3.63) is 85.5 Å². The third kappa shape index (κ3) is 8.35. The minimum absolute atomic E-state index is 0.0533. The number of pyridine rings is 1. The number of esters is 1. The van der Waals surface area contributed by atoms with Crippen LogP contribution in [0.1, 0.15) is 42.4 Å². The fraction of sp³-hybridized carbons (Fsp3) is 0.321. The summed E-state index contributed by atoms with van der Waals surface area (Å²) < 4.78 is 44.2. The second-order valence-electron chi connectivity index (χ2n) is 9.96. The van der Waals surface area contributed by atoms with Gasteiger partial charge in [0.1, 0.15) is 22.9 Å². The van der Waals surface area contributed by atoms with Gasteiger partial charge in [-0.25, -0.2) is 23.4 Å². The molecular formula is C28H29BrF2N4O7. The van der Waals surface area contributed by atoms with Gasteiger partial charge in [0.05, 0.1) is 41.4 Å². The molecule has 3 aromatic rings. The standard InChI is InChI=1S/C28H29BrF2N4O7/c1-28(2,3)42-27(37)34(11-10-22-24(35(38)39)8-9-25(33-22)40-4)15-16-12-17(30)6-7-21(16)32-23-14-19(29)20(31)13-18(23)26(36)41-5/h6-9,12-14,32H,10-11,15H2,1-5H3. The number of carbonyl (C=O) groups is 2.